The molecule has 0 N–H and O–H groups in total. The summed E-state index contributed by atoms with van der Waals surface area (Å²) in [5, 5.41) is 0. The summed E-state index contributed by atoms with van der Waals surface area (Å²) in [5.74, 6) is 0.105. The minimum absolute atomic E-state index is 0.105. The molecule has 0 fully saturated rings. The van der Waals surface area contributed by atoms with E-state index in [1.54, 1.807) is 6.08 Å². The number of carbonyl (C=O) groups is 1. The third-order valence-electron chi connectivity index (χ3n) is 2.73. The molecule has 84 valence electrons. The van der Waals surface area contributed by atoms with Crippen LogP contribution in [0.15, 0.2) is 42.5 Å². The Hall–Kier alpha value is -1.41. The molecule has 0 aliphatic heterocycles. The second kappa shape index (κ2) is 5.61. The normalized spacial score (nSPS) is 20.8. The number of allylic oxidation sites excluding steroid dienone is 1. The molecular formula is C14H16O2. The van der Waals surface area contributed by atoms with Gasteiger partial charge < -0.3 is 4.74 Å². The van der Waals surface area contributed by atoms with Crippen molar-refractivity contribution in [1.82, 2.24) is 0 Å². The second-order valence-corrected chi connectivity index (χ2v) is 4.02. The molecule has 2 nitrogen and oxygen atoms in total. The van der Waals surface area contributed by atoms with Gasteiger partial charge in [-0.05, 0) is 30.9 Å². The van der Waals surface area contributed by atoms with Crippen molar-refractivity contribution in [2.75, 3.05) is 0 Å². The molecular weight excluding hydrogens is 200 g/mol. The van der Waals surface area contributed by atoms with E-state index < -0.39 is 0 Å². The van der Waals surface area contributed by atoms with Crippen LogP contribution in [0.2, 0.25) is 0 Å². The molecule has 2 rings (SSSR count). The van der Waals surface area contributed by atoms with E-state index in [-0.39, 0.29) is 11.9 Å². The summed E-state index contributed by atoms with van der Waals surface area (Å²) >= 11 is 0. The SMILES string of the molecule is O=C1C=CCCCC1OCc1ccccc1. The number of ketones is 1. The maximum atomic E-state index is 11.6. The Morgan fingerprint density at radius 3 is 2.88 bits per heavy atom. The summed E-state index contributed by atoms with van der Waals surface area (Å²) in [6.07, 6.45) is 6.19. The lowest BCUT2D eigenvalue weighted by Gasteiger charge is -2.13. The van der Waals surface area contributed by atoms with Crippen molar-refractivity contribution < 1.29 is 9.53 Å². The molecule has 0 saturated carbocycles. The van der Waals surface area contributed by atoms with Crippen molar-refractivity contribution in [3.05, 3.63) is 48.0 Å². The molecule has 1 aromatic rings. The Bertz CT molecular complexity index is 368. The van der Waals surface area contributed by atoms with E-state index in [0.29, 0.717) is 6.61 Å². The van der Waals surface area contributed by atoms with Crippen molar-refractivity contribution in [3.8, 4) is 0 Å². The van der Waals surface area contributed by atoms with Crippen molar-refractivity contribution in [3.63, 3.8) is 0 Å². The predicted molar refractivity (Wildman–Crippen MR) is 63.0 cm³/mol. The third-order valence-corrected chi connectivity index (χ3v) is 2.73. The largest absolute Gasteiger partial charge is 0.365 e. The van der Waals surface area contributed by atoms with Crippen molar-refractivity contribution in [2.24, 2.45) is 0 Å². The van der Waals surface area contributed by atoms with Gasteiger partial charge >= 0.3 is 0 Å². The van der Waals surface area contributed by atoms with Crippen LogP contribution in [0, 0.1) is 0 Å². The minimum atomic E-state index is -0.251. The summed E-state index contributed by atoms with van der Waals surface area (Å²) in [6.45, 7) is 0.519. The lowest BCUT2D eigenvalue weighted by atomic mass is 10.1. The smallest absolute Gasteiger partial charge is 0.184 e. The highest BCUT2D eigenvalue weighted by Gasteiger charge is 2.17. The lowest BCUT2D eigenvalue weighted by molar-refractivity contribution is -0.126. The van der Waals surface area contributed by atoms with Crippen LogP contribution in [0.4, 0.5) is 0 Å². The van der Waals surface area contributed by atoms with Crippen LogP contribution >= 0.6 is 0 Å². The van der Waals surface area contributed by atoms with Crippen LogP contribution in [-0.2, 0) is 16.1 Å². The van der Waals surface area contributed by atoms with E-state index in [4.69, 9.17) is 4.74 Å². The molecule has 0 saturated heterocycles. The number of rotatable bonds is 3. The molecule has 0 bridgehead atoms. The van der Waals surface area contributed by atoms with Gasteiger partial charge in [0.25, 0.3) is 0 Å². The van der Waals surface area contributed by atoms with E-state index in [1.807, 2.05) is 36.4 Å². The molecule has 1 aliphatic rings. The van der Waals surface area contributed by atoms with Gasteiger partial charge in [0.05, 0.1) is 6.61 Å². The first-order valence-corrected chi connectivity index (χ1v) is 5.72. The summed E-state index contributed by atoms with van der Waals surface area (Å²) in [4.78, 5) is 11.6. The highest BCUT2D eigenvalue weighted by atomic mass is 16.5. The van der Waals surface area contributed by atoms with Crippen LogP contribution in [0.5, 0.6) is 0 Å². The second-order valence-electron chi connectivity index (χ2n) is 4.02. The highest BCUT2D eigenvalue weighted by Crippen LogP contribution is 2.14. The van der Waals surface area contributed by atoms with Crippen molar-refractivity contribution >= 4 is 5.78 Å². The van der Waals surface area contributed by atoms with Gasteiger partial charge in [0.15, 0.2) is 5.78 Å². The Labute approximate surface area is 95.9 Å². The number of ether oxygens (including phenoxy) is 1. The molecule has 2 heteroatoms. The Morgan fingerprint density at radius 2 is 2.06 bits per heavy atom. The molecule has 16 heavy (non-hydrogen) atoms. The first kappa shape index (κ1) is 11.1. The fraction of sp³-hybridized carbons (Fsp3) is 0.357. The summed E-state index contributed by atoms with van der Waals surface area (Å²) in [5.41, 5.74) is 1.11. The maximum absolute atomic E-state index is 11.6. The molecule has 0 heterocycles. The molecule has 1 aromatic carbocycles. The molecule has 0 spiro atoms. The molecule has 0 radical (unpaired) electrons. The van der Waals surface area contributed by atoms with Gasteiger partial charge in [-0.15, -0.1) is 0 Å². The third kappa shape index (κ3) is 3.04. The molecule has 0 aromatic heterocycles. The zero-order valence-electron chi connectivity index (χ0n) is 9.26. The maximum Gasteiger partial charge on any atom is 0.184 e. The lowest BCUT2D eigenvalue weighted by Crippen LogP contribution is -2.21. The Kier molecular flexibility index (Phi) is 3.89. The van der Waals surface area contributed by atoms with Crippen molar-refractivity contribution in [1.29, 1.82) is 0 Å². The number of hydrogen-bond donors (Lipinski definition) is 0. The zero-order valence-corrected chi connectivity index (χ0v) is 9.26. The molecule has 0 amide bonds. The summed E-state index contributed by atoms with van der Waals surface area (Å²) < 4.78 is 5.66. The van der Waals surface area contributed by atoms with Crippen LogP contribution in [-0.4, -0.2) is 11.9 Å². The van der Waals surface area contributed by atoms with E-state index in [9.17, 15) is 4.79 Å². The zero-order chi connectivity index (χ0) is 11.2. The standard InChI is InChI=1S/C14H16O2/c15-13-9-5-2-6-10-14(13)16-11-12-7-3-1-4-8-12/h1,3-5,7-9,14H,2,6,10-11H2. The number of carbonyl (C=O) groups excluding carboxylic acids is 1. The molecule has 1 atom stereocenters. The highest BCUT2D eigenvalue weighted by molar-refractivity contribution is 5.93. The first-order chi connectivity index (χ1) is 7.86. The fourth-order valence-electron chi connectivity index (χ4n) is 1.81. The molecule has 1 unspecified atom stereocenters. The van der Waals surface area contributed by atoms with E-state index >= 15 is 0 Å². The minimum Gasteiger partial charge on any atom is -0.365 e. The quantitative estimate of drug-likeness (QED) is 0.776. The monoisotopic (exact) mass is 216 g/mol. The van der Waals surface area contributed by atoms with Crippen LogP contribution in [0.25, 0.3) is 0 Å². The van der Waals surface area contributed by atoms with Gasteiger partial charge in [-0.1, -0.05) is 36.4 Å². The van der Waals surface area contributed by atoms with Crippen LogP contribution in [0.3, 0.4) is 0 Å². The van der Waals surface area contributed by atoms with E-state index in [1.165, 1.54) is 0 Å². The average Bonchev–Trinajstić information content (AvgIpc) is 2.53. The average molecular weight is 216 g/mol. The van der Waals surface area contributed by atoms with Gasteiger partial charge in [-0.3, -0.25) is 4.79 Å². The van der Waals surface area contributed by atoms with Gasteiger partial charge in [0.1, 0.15) is 6.10 Å². The number of benzene rings is 1. The first-order valence-electron chi connectivity index (χ1n) is 5.72. The van der Waals surface area contributed by atoms with Gasteiger partial charge in [0.2, 0.25) is 0 Å². The Balaban J connectivity index is 1.90. The summed E-state index contributed by atoms with van der Waals surface area (Å²) in [7, 11) is 0. The number of hydrogen-bond acceptors (Lipinski definition) is 2. The topological polar surface area (TPSA) is 26.3 Å². The molecule has 1 aliphatic carbocycles. The Morgan fingerprint density at radius 1 is 1.25 bits per heavy atom. The van der Waals surface area contributed by atoms with Gasteiger partial charge in [-0.25, -0.2) is 0 Å². The summed E-state index contributed by atoms with van der Waals surface area (Å²) in [6, 6.07) is 9.96. The van der Waals surface area contributed by atoms with Gasteiger partial charge in [0, 0.05) is 0 Å². The van der Waals surface area contributed by atoms with E-state index in [2.05, 4.69) is 0 Å². The van der Waals surface area contributed by atoms with Gasteiger partial charge in [-0.2, -0.15) is 0 Å². The predicted octanol–water partition coefficient (Wildman–Crippen LogP) is 2.88. The van der Waals surface area contributed by atoms with Crippen LogP contribution in [0.1, 0.15) is 24.8 Å². The van der Waals surface area contributed by atoms with E-state index in [0.717, 1.165) is 24.8 Å². The van der Waals surface area contributed by atoms with Crippen molar-refractivity contribution in [2.45, 2.75) is 32.0 Å². The fourth-order valence-corrected chi connectivity index (χ4v) is 1.81. The van der Waals surface area contributed by atoms with Crippen LogP contribution < -0.4 is 0 Å².